The van der Waals surface area contributed by atoms with Crippen molar-refractivity contribution in [3.05, 3.63) is 12.8 Å². The number of hydrogen-bond acceptors (Lipinski definition) is 3. The summed E-state index contributed by atoms with van der Waals surface area (Å²) in [4.78, 5) is 15.2. The minimum atomic E-state index is -0.0843. The van der Waals surface area contributed by atoms with Gasteiger partial charge in [-0.3, -0.25) is 4.79 Å². The van der Waals surface area contributed by atoms with E-state index in [-0.39, 0.29) is 5.91 Å². The summed E-state index contributed by atoms with van der Waals surface area (Å²) in [6.45, 7) is 10.7. The molecular weight excluding hydrogens is 168 g/mol. The zero-order valence-electron chi connectivity index (χ0n) is 8.76. The zero-order valence-corrected chi connectivity index (χ0v) is 8.76. The molecule has 4 nitrogen and oxygen atoms in total. The van der Waals surface area contributed by atoms with Gasteiger partial charge in [0, 0.05) is 6.42 Å². The number of carbonyl (C=O) groups excluding carboxylic acids is 1. The Balaban J connectivity index is 0. The van der Waals surface area contributed by atoms with Crippen molar-refractivity contribution in [3.63, 3.8) is 0 Å². The molecule has 0 saturated heterocycles. The van der Waals surface area contributed by atoms with Crippen LogP contribution >= 0.6 is 0 Å². The highest BCUT2D eigenvalue weighted by molar-refractivity contribution is 5.96. The average Bonchev–Trinajstić information content (AvgIpc) is 2.17. The van der Waals surface area contributed by atoms with Crippen molar-refractivity contribution in [2.75, 3.05) is 0 Å². The topological polar surface area (TPSA) is 50.7 Å². The smallest absolute Gasteiger partial charge is 0.225 e. The van der Waals surface area contributed by atoms with Crippen LogP contribution in [0.2, 0.25) is 0 Å². The van der Waals surface area contributed by atoms with Crippen LogP contribution in [0, 0.1) is 0 Å². The lowest BCUT2D eigenvalue weighted by molar-refractivity contribution is -0.119. The lowest BCUT2D eigenvalue weighted by Crippen LogP contribution is -2.27. The monoisotopic (exact) mass is 186 g/mol. The Morgan fingerprint density at radius 2 is 2.15 bits per heavy atom. The molecule has 0 spiro atoms. The molecule has 76 valence electrons. The van der Waals surface area contributed by atoms with Gasteiger partial charge in [0.25, 0.3) is 0 Å². The largest absolute Gasteiger partial charge is 0.364 e. The van der Waals surface area contributed by atoms with Crippen LogP contribution in [0.25, 0.3) is 0 Å². The summed E-state index contributed by atoms with van der Waals surface area (Å²) >= 11 is 0. The Labute approximate surface area is 79.6 Å². The van der Waals surface area contributed by atoms with Crippen molar-refractivity contribution in [1.82, 2.24) is 5.32 Å². The van der Waals surface area contributed by atoms with Crippen LogP contribution in [0.4, 0.5) is 0 Å². The number of oxime groups is 1. The summed E-state index contributed by atoms with van der Waals surface area (Å²) < 4.78 is 0. The molecular formula is C9H18N2O2. The molecule has 0 aliphatic rings. The van der Waals surface area contributed by atoms with Gasteiger partial charge < -0.3 is 10.2 Å². The van der Waals surface area contributed by atoms with Gasteiger partial charge in [-0.05, 0) is 6.92 Å². The molecule has 0 aromatic rings. The lowest BCUT2D eigenvalue weighted by atomic mass is 10.4. The van der Waals surface area contributed by atoms with Gasteiger partial charge in [-0.15, -0.1) is 0 Å². The van der Waals surface area contributed by atoms with E-state index in [2.05, 4.69) is 21.9 Å². The fourth-order valence-corrected chi connectivity index (χ4v) is 0.429. The molecule has 0 aliphatic heterocycles. The highest BCUT2D eigenvalue weighted by Gasteiger charge is 1.96. The van der Waals surface area contributed by atoms with Crippen LogP contribution in [0.3, 0.4) is 0 Å². The number of nitrogens with one attached hydrogen (secondary N) is 1. The van der Waals surface area contributed by atoms with Crippen molar-refractivity contribution < 1.29 is 9.63 Å². The van der Waals surface area contributed by atoms with E-state index in [1.165, 1.54) is 6.26 Å². The number of amidine groups is 1. The molecule has 4 heteroatoms. The maximum atomic E-state index is 10.7. The first-order valence-electron chi connectivity index (χ1n) is 4.31. The van der Waals surface area contributed by atoms with Gasteiger partial charge in [-0.1, -0.05) is 32.5 Å². The Morgan fingerprint density at radius 3 is 2.54 bits per heavy atom. The van der Waals surface area contributed by atoms with E-state index in [9.17, 15) is 4.79 Å². The SMILES string of the molecule is C=CO/N=C(\C)NC(=O)CC.CC. The van der Waals surface area contributed by atoms with Crippen LogP contribution in [0.5, 0.6) is 0 Å². The highest BCUT2D eigenvalue weighted by Crippen LogP contribution is 1.80. The molecule has 0 aromatic heterocycles. The zero-order chi connectivity index (χ0) is 10.7. The minimum Gasteiger partial charge on any atom is -0.364 e. The first kappa shape index (κ1) is 14.2. The Morgan fingerprint density at radius 1 is 1.62 bits per heavy atom. The van der Waals surface area contributed by atoms with Crippen LogP contribution in [-0.4, -0.2) is 11.7 Å². The first-order chi connectivity index (χ1) is 6.20. The van der Waals surface area contributed by atoms with Crippen LogP contribution in [-0.2, 0) is 9.63 Å². The van der Waals surface area contributed by atoms with Gasteiger partial charge in [0.05, 0.1) is 0 Å². The number of amides is 1. The second-order valence-corrected chi connectivity index (χ2v) is 1.85. The third-order valence-corrected chi connectivity index (χ3v) is 0.906. The van der Waals surface area contributed by atoms with Crippen LogP contribution in [0.15, 0.2) is 18.0 Å². The number of rotatable bonds is 3. The number of hydrogen-bond donors (Lipinski definition) is 1. The van der Waals surface area contributed by atoms with Gasteiger partial charge >= 0.3 is 0 Å². The van der Waals surface area contributed by atoms with Crippen molar-refractivity contribution in [2.45, 2.75) is 34.1 Å². The fraction of sp³-hybridized carbons (Fsp3) is 0.556. The third kappa shape index (κ3) is 10.7. The van der Waals surface area contributed by atoms with Crippen molar-refractivity contribution >= 4 is 11.7 Å². The molecule has 0 rings (SSSR count). The number of nitrogens with zero attached hydrogens (tertiary/aromatic N) is 1. The predicted octanol–water partition coefficient (Wildman–Crippen LogP) is 2.03. The molecule has 1 amide bonds. The summed E-state index contributed by atoms with van der Waals surface area (Å²) in [7, 11) is 0. The van der Waals surface area contributed by atoms with Gasteiger partial charge in [0.2, 0.25) is 5.91 Å². The van der Waals surface area contributed by atoms with Gasteiger partial charge in [0.1, 0.15) is 12.1 Å². The molecule has 0 heterocycles. The van der Waals surface area contributed by atoms with E-state index in [0.29, 0.717) is 12.3 Å². The summed E-state index contributed by atoms with van der Waals surface area (Å²) in [5, 5.41) is 6.00. The average molecular weight is 186 g/mol. The van der Waals surface area contributed by atoms with E-state index >= 15 is 0 Å². The van der Waals surface area contributed by atoms with E-state index in [0.717, 1.165) is 0 Å². The predicted molar refractivity (Wildman–Crippen MR) is 54.2 cm³/mol. The van der Waals surface area contributed by atoms with E-state index in [1.54, 1.807) is 13.8 Å². The Hall–Kier alpha value is -1.32. The summed E-state index contributed by atoms with van der Waals surface area (Å²) in [6, 6.07) is 0. The van der Waals surface area contributed by atoms with Gasteiger partial charge in [-0.25, -0.2) is 0 Å². The Bertz CT molecular complexity index is 176. The Kier molecular flexibility index (Phi) is 11.7. The lowest BCUT2D eigenvalue weighted by Gasteiger charge is -1.99. The highest BCUT2D eigenvalue weighted by atomic mass is 16.6. The van der Waals surface area contributed by atoms with E-state index < -0.39 is 0 Å². The first-order valence-corrected chi connectivity index (χ1v) is 4.31. The van der Waals surface area contributed by atoms with Crippen LogP contribution < -0.4 is 5.32 Å². The van der Waals surface area contributed by atoms with Gasteiger partial charge in [0.15, 0.2) is 0 Å². The molecule has 0 bridgehead atoms. The van der Waals surface area contributed by atoms with Crippen molar-refractivity contribution in [3.8, 4) is 0 Å². The molecule has 0 radical (unpaired) electrons. The normalized spacial score (nSPS) is 9.38. The molecule has 0 aliphatic carbocycles. The maximum absolute atomic E-state index is 10.7. The molecule has 0 unspecified atom stereocenters. The quantitative estimate of drug-likeness (QED) is 0.317. The summed E-state index contributed by atoms with van der Waals surface area (Å²) in [6.07, 6.45) is 1.61. The second-order valence-electron chi connectivity index (χ2n) is 1.85. The molecule has 13 heavy (non-hydrogen) atoms. The maximum Gasteiger partial charge on any atom is 0.225 e. The standard InChI is InChI=1S/C7H12N2O2.C2H6/c1-4-7(10)8-6(3)9-11-5-2;1-2/h5H,2,4H2,1,3H3,(H,8,9,10);1-2H3. The van der Waals surface area contributed by atoms with Crippen molar-refractivity contribution in [2.24, 2.45) is 5.16 Å². The molecule has 0 fully saturated rings. The molecule has 0 atom stereocenters. The fourth-order valence-electron chi connectivity index (χ4n) is 0.429. The molecule has 0 aromatic carbocycles. The van der Waals surface area contributed by atoms with Crippen molar-refractivity contribution in [1.29, 1.82) is 0 Å². The minimum absolute atomic E-state index is 0.0843. The molecule has 1 N–H and O–H groups in total. The second kappa shape index (κ2) is 10.7. The number of carbonyl (C=O) groups is 1. The van der Waals surface area contributed by atoms with Crippen LogP contribution in [0.1, 0.15) is 34.1 Å². The molecule has 0 saturated carbocycles. The third-order valence-electron chi connectivity index (χ3n) is 0.906. The summed E-state index contributed by atoms with van der Waals surface area (Å²) in [5.74, 6) is 0.343. The van der Waals surface area contributed by atoms with Gasteiger partial charge in [-0.2, -0.15) is 0 Å². The van der Waals surface area contributed by atoms with E-state index in [1.807, 2.05) is 13.8 Å². The summed E-state index contributed by atoms with van der Waals surface area (Å²) in [5.41, 5.74) is 0. The van der Waals surface area contributed by atoms with E-state index in [4.69, 9.17) is 0 Å².